The van der Waals surface area contributed by atoms with E-state index >= 15 is 0 Å². The average Bonchev–Trinajstić information content (AvgIpc) is 2.41. The van der Waals surface area contributed by atoms with Crippen LogP contribution in [0.25, 0.3) is 6.08 Å². The molecule has 1 heterocycles. The van der Waals surface area contributed by atoms with Gasteiger partial charge in [0.2, 0.25) is 0 Å². The number of fused-ring (bicyclic) bond motifs is 1. The Morgan fingerprint density at radius 3 is 3.00 bits per heavy atom. The van der Waals surface area contributed by atoms with Crippen molar-refractivity contribution < 1.29 is 13.9 Å². The zero-order chi connectivity index (χ0) is 10.8. The second-order valence-corrected chi connectivity index (χ2v) is 3.46. The van der Waals surface area contributed by atoms with Crippen molar-refractivity contribution in [2.24, 2.45) is 0 Å². The van der Waals surface area contributed by atoms with Crippen LogP contribution in [0.4, 0.5) is 4.39 Å². The number of ketones is 1. The molecule has 0 spiro atoms. The van der Waals surface area contributed by atoms with Crippen molar-refractivity contribution in [3.63, 3.8) is 0 Å². The average molecular weight is 206 g/mol. The molecule has 0 unspecified atom stereocenters. The first-order valence-corrected chi connectivity index (χ1v) is 4.82. The minimum Gasteiger partial charge on any atom is -0.493 e. The van der Waals surface area contributed by atoms with E-state index in [1.807, 2.05) is 12.2 Å². The van der Waals surface area contributed by atoms with Crippen molar-refractivity contribution in [3.8, 4) is 5.75 Å². The number of hydrogen-bond donors (Lipinski definition) is 0. The van der Waals surface area contributed by atoms with Gasteiger partial charge in [0.15, 0.2) is 5.78 Å². The van der Waals surface area contributed by atoms with Gasteiger partial charge in [-0.15, -0.1) is 0 Å². The Hall–Kier alpha value is -1.64. The largest absolute Gasteiger partial charge is 0.493 e. The highest BCUT2D eigenvalue weighted by molar-refractivity contribution is 5.98. The summed E-state index contributed by atoms with van der Waals surface area (Å²) in [5.41, 5.74) is 1.06. The van der Waals surface area contributed by atoms with Gasteiger partial charge in [0.05, 0.1) is 6.61 Å². The smallest absolute Gasteiger partial charge is 0.160 e. The van der Waals surface area contributed by atoms with Gasteiger partial charge in [-0.2, -0.15) is 0 Å². The van der Waals surface area contributed by atoms with Gasteiger partial charge in [0, 0.05) is 17.2 Å². The monoisotopic (exact) mass is 206 g/mol. The molecule has 0 aliphatic carbocycles. The first kappa shape index (κ1) is 9.90. The Balaban J connectivity index is 2.63. The zero-order valence-electron chi connectivity index (χ0n) is 8.42. The third kappa shape index (κ3) is 1.91. The van der Waals surface area contributed by atoms with Gasteiger partial charge in [-0.25, -0.2) is 4.39 Å². The van der Waals surface area contributed by atoms with Gasteiger partial charge in [-0.1, -0.05) is 12.2 Å². The maximum absolute atomic E-state index is 13.2. The molecule has 0 aromatic heterocycles. The van der Waals surface area contributed by atoms with Crippen molar-refractivity contribution in [3.05, 3.63) is 35.2 Å². The molecule has 1 aliphatic heterocycles. The van der Waals surface area contributed by atoms with Crippen LogP contribution in [0.3, 0.4) is 0 Å². The van der Waals surface area contributed by atoms with Crippen LogP contribution in [0.15, 0.2) is 18.2 Å². The van der Waals surface area contributed by atoms with Crippen LogP contribution in [-0.4, -0.2) is 12.4 Å². The fraction of sp³-hybridized carbons (Fsp3) is 0.250. The summed E-state index contributed by atoms with van der Waals surface area (Å²) >= 11 is 0. The maximum Gasteiger partial charge on any atom is 0.160 e. The van der Waals surface area contributed by atoms with Gasteiger partial charge < -0.3 is 4.74 Å². The molecule has 1 aliphatic rings. The summed E-state index contributed by atoms with van der Waals surface area (Å²) in [5.74, 6) is -0.135. The Morgan fingerprint density at radius 1 is 1.47 bits per heavy atom. The molecule has 2 nitrogen and oxygen atoms in total. The summed E-state index contributed by atoms with van der Waals surface area (Å²) in [5, 5.41) is 0. The molecule has 1 aromatic carbocycles. The van der Waals surface area contributed by atoms with Crippen LogP contribution < -0.4 is 4.74 Å². The molecule has 78 valence electrons. The molecular formula is C12H11FO2. The van der Waals surface area contributed by atoms with E-state index in [0.717, 1.165) is 6.42 Å². The van der Waals surface area contributed by atoms with E-state index < -0.39 is 5.82 Å². The standard InChI is InChI=1S/C12H11FO2/c1-8(14)11-6-9(13)7-12-10(11)4-2-3-5-15-12/h2,4,6-7H,3,5H2,1H3. The summed E-state index contributed by atoms with van der Waals surface area (Å²) in [6, 6.07) is 2.57. The maximum atomic E-state index is 13.2. The van der Waals surface area contributed by atoms with E-state index in [4.69, 9.17) is 4.74 Å². The van der Waals surface area contributed by atoms with Gasteiger partial charge in [0.25, 0.3) is 0 Å². The molecule has 2 rings (SSSR count). The van der Waals surface area contributed by atoms with Crippen molar-refractivity contribution >= 4 is 11.9 Å². The third-order valence-electron chi connectivity index (χ3n) is 2.31. The fourth-order valence-electron chi connectivity index (χ4n) is 1.61. The van der Waals surface area contributed by atoms with Crippen LogP contribution in [0.1, 0.15) is 29.3 Å². The second-order valence-electron chi connectivity index (χ2n) is 3.46. The van der Waals surface area contributed by atoms with E-state index in [-0.39, 0.29) is 5.78 Å². The number of hydrogen-bond acceptors (Lipinski definition) is 2. The van der Waals surface area contributed by atoms with E-state index in [0.29, 0.717) is 23.5 Å². The lowest BCUT2D eigenvalue weighted by atomic mass is 10.0. The van der Waals surface area contributed by atoms with Gasteiger partial charge in [-0.3, -0.25) is 4.79 Å². The molecule has 0 atom stereocenters. The normalized spacial score (nSPS) is 14.0. The van der Waals surface area contributed by atoms with Gasteiger partial charge in [-0.05, 0) is 19.4 Å². The van der Waals surface area contributed by atoms with Crippen LogP contribution >= 0.6 is 0 Å². The Kier molecular flexibility index (Phi) is 2.54. The van der Waals surface area contributed by atoms with Crippen molar-refractivity contribution in [1.29, 1.82) is 0 Å². The van der Waals surface area contributed by atoms with Crippen LogP contribution in [0.5, 0.6) is 5.75 Å². The Morgan fingerprint density at radius 2 is 2.27 bits per heavy atom. The molecule has 0 saturated carbocycles. The number of Topliss-reactive ketones (excluding diaryl/α,β-unsaturated/α-hetero) is 1. The molecule has 3 heteroatoms. The van der Waals surface area contributed by atoms with E-state index in [1.165, 1.54) is 19.1 Å². The van der Waals surface area contributed by atoms with Crippen molar-refractivity contribution in [2.75, 3.05) is 6.61 Å². The number of halogens is 1. The van der Waals surface area contributed by atoms with Crippen molar-refractivity contribution in [2.45, 2.75) is 13.3 Å². The van der Waals surface area contributed by atoms with Crippen LogP contribution in [0.2, 0.25) is 0 Å². The molecule has 15 heavy (non-hydrogen) atoms. The molecular weight excluding hydrogens is 195 g/mol. The Bertz CT molecular complexity index is 435. The van der Waals surface area contributed by atoms with E-state index in [9.17, 15) is 9.18 Å². The lowest BCUT2D eigenvalue weighted by Crippen LogP contribution is -2.01. The molecule has 0 saturated heterocycles. The van der Waals surface area contributed by atoms with Gasteiger partial charge >= 0.3 is 0 Å². The third-order valence-corrected chi connectivity index (χ3v) is 2.31. The summed E-state index contributed by atoms with van der Waals surface area (Å²) in [7, 11) is 0. The quantitative estimate of drug-likeness (QED) is 0.660. The zero-order valence-corrected chi connectivity index (χ0v) is 8.42. The molecule has 0 fully saturated rings. The number of carbonyl (C=O) groups is 1. The highest BCUT2D eigenvalue weighted by Crippen LogP contribution is 2.28. The minimum absolute atomic E-state index is 0.152. The summed E-state index contributed by atoms with van der Waals surface area (Å²) in [6.45, 7) is 1.94. The second kappa shape index (κ2) is 3.85. The van der Waals surface area contributed by atoms with Crippen LogP contribution in [-0.2, 0) is 0 Å². The molecule has 0 N–H and O–H groups in total. The number of rotatable bonds is 1. The lowest BCUT2D eigenvalue weighted by molar-refractivity contribution is 0.101. The fourth-order valence-corrected chi connectivity index (χ4v) is 1.61. The van der Waals surface area contributed by atoms with Crippen molar-refractivity contribution in [1.82, 2.24) is 0 Å². The predicted molar refractivity (Wildman–Crippen MR) is 55.6 cm³/mol. The predicted octanol–water partition coefficient (Wildman–Crippen LogP) is 2.82. The topological polar surface area (TPSA) is 26.3 Å². The van der Waals surface area contributed by atoms with E-state index in [2.05, 4.69) is 0 Å². The number of ether oxygens (including phenoxy) is 1. The summed E-state index contributed by atoms with van der Waals surface area (Å²) in [6.07, 6.45) is 4.52. The van der Waals surface area contributed by atoms with E-state index in [1.54, 1.807) is 0 Å². The van der Waals surface area contributed by atoms with Gasteiger partial charge in [0.1, 0.15) is 11.6 Å². The SMILES string of the molecule is CC(=O)c1cc(F)cc2c1C=CCCO2. The number of benzene rings is 1. The highest BCUT2D eigenvalue weighted by Gasteiger charge is 2.14. The lowest BCUT2D eigenvalue weighted by Gasteiger charge is -2.09. The summed E-state index contributed by atoms with van der Waals surface area (Å²) < 4.78 is 18.6. The first-order chi connectivity index (χ1) is 7.18. The molecule has 1 aromatic rings. The molecule has 0 radical (unpaired) electrons. The minimum atomic E-state index is -0.436. The first-order valence-electron chi connectivity index (χ1n) is 4.82. The molecule has 0 bridgehead atoms. The molecule has 0 amide bonds. The highest BCUT2D eigenvalue weighted by atomic mass is 19.1. The Labute approximate surface area is 87.4 Å². The van der Waals surface area contributed by atoms with Crippen LogP contribution in [0, 0.1) is 5.82 Å². The summed E-state index contributed by atoms with van der Waals surface area (Å²) in [4.78, 5) is 11.3. The number of carbonyl (C=O) groups excluding carboxylic acids is 1.